The van der Waals surface area contributed by atoms with Crippen LogP contribution in [0.1, 0.15) is 16.7 Å². The number of hydrogen-bond acceptors (Lipinski definition) is 5. The molecule has 1 aliphatic heterocycles. The lowest BCUT2D eigenvalue weighted by Gasteiger charge is -2.13. The summed E-state index contributed by atoms with van der Waals surface area (Å²) in [6.07, 6.45) is 1.62. The molecule has 1 heterocycles. The van der Waals surface area contributed by atoms with Gasteiger partial charge in [0.05, 0.1) is 4.91 Å². The quantitative estimate of drug-likeness (QED) is 0.353. The maximum atomic E-state index is 12.7. The van der Waals surface area contributed by atoms with Gasteiger partial charge in [0.2, 0.25) is 5.91 Å². The Morgan fingerprint density at radius 2 is 1.74 bits per heavy atom. The first-order chi connectivity index (χ1) is 16.8. The molecule has 1 saturated heterocycles. The first-order valence-electron chi connectivity index (χ1n) is 10.6. The van der Waals surface area contributed by atoms with Crippen LogP contribution in [0.2, 0.25) is 10.0 Å². The first kappa shape index (κ1) is 24.9. The number of benzene rings is 3. The summed E-state index contributed by atoms with van der Waals surface area (Å²) < 4.78 is 5.77. The molecule has 9 heteroatoms. The van der Waals surface area contributed by atoms with Crippen molar-refractivity contribution in [3.8, 4) is 5.75 Å². The van der Waals surface area contributed by atoms with Crippen molar-refractivity contribution in [3.63, 3.8) is 0 Å². The standard InChI is InChI=1S/C26H20Cl2N2O4S/c1-16-2-9-20(13-22(16)28)29-24(31)14-30-25(32)23(35-26(30)33)12-17-5-10-21(11-6-17)34-15-18-3-7-19(27)8-4-18/h2-13H,14-15H2,1H3,(H,29,31)/b23-12+. The molecular formula is C26H20Cl2N2O4S. The molecule has 3 aromatic carbocycles. The van der Waals surface area contributed by atoms with Gasteiger partial charge in [-0.25, -0.2) is 0 Å². The Morgan fingerprint density at radius 1 is 1.03 bits per heavy atom. The molecule has 0 aliphatic carbocycles. The molecule has 0 radical (unpaired) electrons. The summed E-state index contributed by atoms with van der Waals surface area (Å²) in [5.74, 6) is -0.339. The summed E-state index contributed by atoms with van der Waals surface area (Å²) in [4.78, 5) is 38.7. The highest BCUT2D eigenvalue weighted by molar-refractivity contribution is 8.18. The van der Waals surface area contributed by atoms with Crippen molar-refractivity contribution < 1.29 is 19.1 Å². The Kier molecular flexibility index (Phi) is 7.80. The van der Waals surface area contributed by atoms with Crippen LogP contribution in [0.3, 0.4) is 0 Å². The molecule has 0 aromatic heterocycles. The van der Waals surface area contributed by atoms with Crippen molar-refractivity contribution in [3.05, 3.63) is 98.4 Å². The lowest BCUT2D eigenvalue weighted by molar-refractivity contribution is -0.127. The van der Waals surface area contributed by atoms with Crippen molar-refractivity contribution >= 4 is 63.8 Å². The fourth-order valence-corrected chi connectivity index (χ4v) is 4.35. The van der Waals surface area contributed by atoms with E-state index in [-0.39, 0.29) is 11.4 Å². The first-order valence-corrected chi connectivity index (χ1v) is 12.1. The molecule has 0 atom stereocenters. The minimum Gasteiger partial charge on any atom is -0.489 e. The van der Waals surface area contributed by atoms with Crippen LogP contribution in [-0.4, -0.2) is 28.5 Å². The molecule has 0 unspecified atom stereocenters. The van der Waals surface area contributed by atoms with Gasteiger partial charge in [0.25, 0.3) is 11.1 Å². The normalized spacial score (nSPS) is 14.5. The van der Waals surface area contributed by atoms with Crippen LogP contribution >= 0.6 is 35.0 Å². The maximum absolute atomic E-state index is 12.7. The largest absolute Gasteiger partial charge is 0.489 e. The zero-order chi connectivity index (χ0) is 24.9. The number of amides is 3. The lowest BCUT2D eigenvalue weighted by Crippen LogP contribution is -2.36. The number of anilines is 1. The van der Waals surface area contributed by atoms with Crippen molar-refractivity contribution in [2.45, 2.75) is 13.5 Å². The lowest BCUT2D eigenvalue weighted by atomic mass is 10.2. The van der Waals surface area contributed by atoms with Gasteiger partial charge >= 0.3 is 0 Å². The van der Waals surface area contributed by atoms with E-state index in [4.69, 9.17) is 27.9 Å². The number of thioether (sulfide) groups is 1. The monoisotopic (exact) mass is 526 g/mol. The van der Waals surface area contributed by atoms with Crippen LogP contribution in [0.5, 0.6) is 5.75 Å². The minimum absolute atomic E-state index is 0.246. The van der Waals surface area contributed by atoms with E-state index in [1.165, 1.54) is 0 Å². The highest BCUT2D eigenvalue weighted by Gasteiger charge is 2.36. The van der Waals surface area contributed by atoms with E-state index in [0.717, 1.165) is 33.4 Å². The molecule has 1 N–H and O–H groups in total. The molecule has 178 valence electrons. The number of ether oxygens (including phenoxy) is 1. The van der Waals surface area contributed by atoms with Crippen LogP contribution < -0.4 is 10.1 Å². The number of rotatable bonds is 7. The zero-order valence-corrected chi connectivity index (χ0v) is 20.9. The Bertz CT molecular complexity index is 1310. The third kappa shape index (κ3) is 6.45. The van der Waals surface area contributed by atoms with Crippen LogP contribution in [0, 0.1) is 6.92 Å². The number of aryl methyl sites for hydroxylation is 1. The third-order valence-corrected chi connectivity index (χ3v) is 6.69. The van der Waals surface area contributed by atoms with Crippen LogP contribution in [0.15, 0.2) is 71.6 Å². The average molecular weight is 527 g/mol. The van der Waals surface area contributed by atoms with E-state index >= 15 is 0 Å². The van der Waals surface area contributed by atoms with Gasteiger partial charge in [-0.15, -0.1) is 0 Å². The highest BCUT2D eigenvalue weighted by Crippen LogP contribution is 2.32. The minimum atomic E-state index is -0.514. The van der Waals surface area contributed by atoms with Crippen molar-refractivity contribution in [1.29, 1.82) is 0 Å². The molecule has 1 fully saturated rings. The fourth-order valence-electron chi connectivity index (χ4n) is 3.21. The van der Waals surface area contributed by atoms with Crippen molar-refractivity contribution in [2.24, 2.45) is 0 Å². The number of carbonyl (C=O) groups excluding carboxylic acids is 3. The van der Waals surface area contributed by atoms with Gasteiger partial charge in [0, 0.05) is 15.7 Å². The molecule has 1 aliphatic rings. The van der Waals surface area contributed by atoms with Crippen LogP contribution in [0.4, 0.5) is 10.5 Å². The summed E-state index contributed by atoms with van der Waals surface area (Å²) in [5, 5.41) is 3.34. The SMILES string of the molecule is Cc1ccc(NC(=O)CN2C(=O)S/C(=C/c3ccc(OCc4ccc(Cl)cc4)cc3)C2=O)cc1Cl. The van der Waals surface area contributed by atoms with E-state index in [1.807, 2.05) is 19.1 Å². The van der Waals surface area contributed by atoms with Gasteiger partial charge < -0.3 is 10.1 Å². The topological polar surface area (TPSA) is 75.7 Å². The number of carbonyl (C=O) groups is 3. The number of imide groups is 1. The maximum Gasteiger partial charge on any atom is 0.294 e. The summed E-state index contributed by atoms with van der Waals surface area (Å²) in [5.41, 5.74) is 3.09. The van der Waals surface area contributed by atoms with E-state index in [0.29, 0.717) is 28.1 Å². The molecule has 3 aromatic rings. The fraction of sp³-hybridized carbons (Fsp3) is 0.115. The zero-order valence-electron chi connectivity index (χ0n) is 18.6. The van der Waals surface area contributed by atoms with Crippen LogP contribution in [-0.2, 0) is 16.2 Å². The van der Waals surface area contributed by atoms with Gasteiger partial charge in [0.15, 0.2) is 0 Å². The summed E-state index contributed by atoms with van der Waals surface area (Å²) in [6, 6.07) is 19.6. The molecule has 35 heavy (non-hydrogen) atoms. The Balaban J connectivity index is 1.35. The number of halogens is 2. The Morgan fingerprint density at radius 3 is 2.43 bits per heavy atom. The number of nitrogens with one attached hydrogen (secondary N) is 1. The molecule has 0 spiro atoms. The summed E-state index contributed by atoms with van der Waals surface area (Å²) in [7, 11) is 0. The molecule has 3 amide bonds. The Hall–Kier alpha value is -3.26. The van der Waals surface area contributed by atoms with Gasteiger partial charge in [-0.05, 0) is 77.9 Å². The van der Waals surface area contributed by atoms with E-state index in [1.54, 1.807) is 60.7 Å². The number of nitrogens with zero attached hydrogens (tertiary/aromatic N) is 1. The van der Waals surface area contributed by atoms with Gasteiger partial charge in [-0.2, -0.15) is 0 Å². The molecule has 0 bridgehead atoms. The van der Waals surface area contributed by atoms with E-state index < -0.39 is 17.1 Å². The second-order valence-electron chi connectivity index (χ2n) is 7.76. The third-order valence-electron chi connectivity index (χ3n) is 5.13. The molecular weight excluding hydrogens is 507 g/mol. The van der Waals surface area contributed by atoms with Crippen molar-refractivity contribution in [1.82, 2.24) is 4.90 Å². The molecule has 4 rings (SSSR count). The number of hydrogen-bond donors (Lipinski definition) is 1. The van der Waals surface area contributed by atoms with E-state index in [9.17, 15) is 14.4 Å². The van der Waals surface area contributed by atoms with E-state index in [2.05, 4.69) is 5.32 Å². The second kappa shape index (κ2) is 11.0. The Labute approximate surface area is 216 Å². The predicted molar refractivity (Wildman–Crippen MR) is 140 cm³/mol. The van der Waals surface area contributed by atoms with Crippen LogP contribution in [0.25, 0.3) is 6.08 Å². The predicted octanol–water partition coefficient (Wildman–Crippen LogP) is 6.56. The highest BCUT2D eigenvalue weighted by atomic mass is 35.5. The van der Waals surface area contributed by atoms with Crippen molar-refractivity contribution in [2.75, 3.05) is 11.9 Å². The van der Waals surface area contributed by atoms with Gasteiger partial charge in [0.1, 0.15) is 18.9 Å². The smallest absolute Gasteiger partial charge is 0.294 e. The van der Waals surface area contributed by atoms with Gasteiger partial charge in [-0.1, -0.05) is 53.5 Å². The molecule has 0 saturated carbocycles. The average Bonchev–Trinajstić information content (AvgIpc) is 3.09. The van der Waals surface area contributed by atoms with Gasteiger partial charge in [-0.3, -0.25) is 19.3 Å². The second-order valence-corrected chi connectivity index (χ2v) is 9.60. The molecule has 6 nitrogen and oxygen atoms in total. The summed E-state index contributed by atoms with van der Waals surface area (Å²) in [6.45, 7) is 1.86. The summed E-state index contributed by atoms with van der Waals surface area (Å²) >= 11 is 12.8.